The van der Waals surface area contributed by atoms with Crippen LogP contribution in [-0.4, -0.2) is 51.4 Å². The number of rotatable bonds is 7. The molecule has 1 amide bonds. The minimum Gasteiger partial charge on any atom is -0.414 e. The lowest BCUT2D eigenvalue weighted by atomic mass is 9.95. The summed E-state index contributed by atoms with van der Waals surface area (Å²) >= 11 is 0. The molecule has 3 N–H and O–H groups in total. The SMILES string of the molecule is CC(C)[Si]1(C(C)C)OC[C@H]2O[C@@H](n3ccc(=O)[nH]c3=O)[C@H](CC(N)=O)[C@@H]2O[Si](C(C)C)(C(C)C)O1. The van der Waals surface area contributed by atoms with Gasteiger partial charge >= 0.3 is 22.8 Å². The Labute approximate surface area is 209 Å². The van der Waals surface area contributed by atoms with Crippen molar-refractivity contribution < 1.29 is 22.5 Å². The van der Waals surface area contributed by atoms with Crippen LogP contribution in [0.3, 0.4) is 0 Å². The van der Waals surface area contributed by atoms with Gasteiger partial charge in [-0.3, -0.25) is 19.1 Å². The summed E-state index contributed by atoms with van der Waals surface area (Å²) in [6, 6.07) is 1.25. The lowest BCUT2D eigenvalue weighted by Crippen LogP contribution is -2.65. The second-order valence-electron chi connectivity index (χ2n) is 11.0. The Morgan fingerprint density at radius 1 is 1.06 bits per heavy atom. The van der Waals surface area contributed by atoms with Gasteiger partial charge in [0, 0.05) is 24.6 Å². The third-order valence-electron chi connectivity index (χ3n) is 7.36. The Morgan fingerprint density at radius 3 is 2.11 bits per heavy atom. The summed E-state index contributed by atoms with van der Waals surface area (Å²) in [4.78, 5) is 38.7. The topological polar surface area (TPSA) is 135 Å². The van der Waals surface area contributed by atoms with E-state index in [4.69, 9.17) is 23.4 Å². The van der Waals surface area contributed by atoms with Crippen LogP contribution in [0.1, 0.15) is 68.0 Å². The number of fused-ring (bicyclic) bond motifs is 1. The number of nitrogens with zero attached hydrogens (tertiary/aromatic N) is 1. The number of amides is 1. The predicted octanol–water partition coefficient (Wildman–Crippen LogP) is 2.88. The van der Waals surface area contributed by atoms with Gasteiger partial charge in [0.25, 0.3) is 5.56 Å². The third-order valence-corrected chi connectivity index (χ3v) is 17.6. The average Bonchev–Trinajstić information content (AvgIpc) is 3.02. The van der Waals surface area contributed by atoms with Gasteiger partial charge < -0.3 is 23.4 Å². The zero-order chi connectivity index (χ0) is 26.3. The highest BCUT2D eigenvalue weighted by molar-refractivity contribution is 6.83. The molecule has 35 heavy (non-hydrogen) atoms. The second-order valence-corrected chi connectivity index (χ2v) is 19.8. The van der Waals surface area contributed by atoms with Crippen molar-refractivity contribution in [2.45, 2.75) is 102 Å². The van der Waals surface area contributed by atoms with Crippen LogP contribution in [0.25, 0.3) is 0 Å². The quantitative estimate of drug-likeness (QED) is 0.521. The molecular weight excluding hydrogens is 486 g/mol. The minimum atomic E-state index is -2.95. The van der Waals surface area contributed by atoms with Gasteiger partial charge in [-0.25, -0.2) is 4.79 Å². The lowest BCUT2D eigenvalue weighted by Gasteiger charge is -2.51. The number of nitrogens with two attached hydrogens (primary N) is 1. The van der Waals surface area contributed by atoms with E-state index in [2.05, 4.69) is 60.4 Å². The van der Waals surface area contributed by atoms with E-state index < -0.39 is 58.6 Å². The highest BCUT2D eigenvalue weighted by Crippen LogP contribution is 2.49. The summed E-state index contributed by atoms with van der Waals surface area (Å²) in [5, 5.41) is 0. The van der Waals surface area contributed by atoms with E-state index in [9.17, 15) is 14.4 Å². The van der Waals surface area contributed by atoms with E-state index in [1.807, 2.05) is 0 Å². The number of aromatic amines is 1. The van der Waals surface area contributed by atoms with Crippen molar-refractivity contribution in [3.05, 3.63) is 33.1 Å². The van der Waals surface area contributed by atoms with E-state index in [0.717, 1.165) is 0 Å². The number of H-pyrrole nitrogens is 1. The second kappa shape index (κ2) is 10.4. The first kappa shape index (κ1) is 28.0. The van der Waals surface area contributed by atoms with E-state index in [-0.39, 0.29) is 35.2 Å². The van der Waals surface area contributed by atoms with Crippen LogP contribution in [0.15, 0.2) is 21.9 Å². The normalized spacial score (nSPS) is 28.3. The molecule has 0 spiro atoms. The molecule has 0 unspecified atom stereocenters. The number of hydrogen-bond acceptors (Lipinski definition) is 7. The molecule has 1 aromatic heterocycles. The number of hydrogen-bond donors (Lipinski definition) is 2. The van der Waals surface area contributed by atoms with Gasteiger partial charge in [0.15, 0.2) is 0 Å². The molecule has 2 saturated heterocycles. The fraction of sp³-hybridized carbons (Fsp3) is 0.783. The molecule has 2 fully saturated rings. The average molecular weight is 528 g/mol. The van der Waals surface area contributed by atoms with Crippen LogP contribution in [0.4, 0.5) is 0 Å². The van der Waals surface area contributed by atoms with Crippen molar-refractivity contribution in [1.29, 1.82) is 0 Å². The summed E-state index contributed by atoms with van der Waals surface area (Å²) in [5.41, 5.74) is 5.05. The van der Waals surface area contributed by atoms with Crippen molar-refractivity contribution in [2.24, 2.45) is 11.7 Å². The Kier molecular flexibility index (Phi) is 8.34. The van der Waals surface area contributed by atoms with Gasteiger partial charge in [0.1, 0.15) is 12.3 Å². The van der Waals surface area contributed by atoms with Crippen molar-refractivity contribution in [3.8, 4) is 0 Å². The summed E-state index contributed by atoms with van der Waals surface area (Å²) in [7, 11) is -5.72. The van der Waals surface area contributed by atoms with Crippen LogP contribution >= 0.6 is 0 Å². The van der Waals surface area contributed by atoms with E-state index >= 15 is 0 Å². The van der Waals surface area contributed by atoms with Gasteiger partial charge in [-0.1, -0.05) is 55.4 Å². The molecule has 0 radical (unpaired) electrons. The standard InChI is InChI=1S/C23H41N3O7Si2/c1-13(2)34(14(3)4)30-12-18-21(32-35(33-34,15(5)6)16(7)8)17(11-19(24)27)22(31-18)26-10-9-20(28)25-23(26)29/h9-10,13-18,21-22H,11-12H2,1-8H3,(H2,24,27)(H,25,28,29)/t17-,18-,21+,22-/m1/s1. The number of carbonyl (C=O) groups excluding carboxylic acids is 1. The first-order valence-corrected chi connectivity index (χ1v) is 16.5. The fourth-order valence-electron chi connectivity index (χ4n) is 5.58. The summed E-state index contributed by atoms with van der Waals surface area (Å²) in [6.45, 7) is 17.2. The molecule has 12 heteroatoms. The van der Waals surface area contributed by atoms with Crippen molar-refractivity contribution >= 4 is 23.0 Å². The van der Waals surface area contributed by atoms with Crippen molar-refractivity contribution in [2.75, 3.05) is 6.61 Å². The minimum absolute atomic E-state index is 0.0466. The number of aromatic nitrogens is 2. The maximum atomic E-state index is 12.7. The molecule has 1 aromatic rings. The van der Waals surface area contributed by atoms with E-state index in [0.29, 0.717) is 0 Å². The number of nitrogens with one attached hydrogen (secondary N) is 1. The molecule has 0 aromatic carbocycles. The zero-order valence-corrected chi connectivity index (χ0v) is 24.1. The summed E-state index contributed by atoms with van der Waals surface area (Å²) < 4.78 is 28.7. The summed E-state index contributed by atoms with van der Waals surface area (Å²) in [5.74, 6) is -1.08. The van der Waals surface area contributed by atoms with Crippen LogP contribution in [0, 0.1) is 5.92 Å². The largest absolute Gasteiger partial charge is 0.414 e. The molecule has 3 heterocycles. The smallest absolute Gasteiger partial charge is 0.335 e. The van der Waals surface area contributed by atoms with Gasteiger partial charge in [-0.05, 0) is 22.2 Å². The van der Waals surface area contributed by atoms with Gasteiger partial charge in [0.2, 0.25) is 5.91 Å². The van der Waals surface area contributed by atoms with Crippen molar-refractivity contribution in [3.63, 3.8) is 0 Å². The van der Waals surface area contributed by atoms with Crippen LogP contribution in [0.5, 0.6) is 0 Å². The molecule has 0 aliphatic carbocycles. The first-order valence-electron chi connectivity index (χ1n) is 12.5. The zero-order valence-electron chi connectivity index (χ0n) is 22.1. The third kappa shape index (κ3) is 5.14. The molecule has 0 saturated carbocycles. The number of carbonyl (C=O) groups is 1. The lowest BCUT2D eigenvalue weighted by molar-refractivity contribution is -0.120. The molecular formula is C23H41N3O7Si2. The molecule has 0 bridgehead atoms. The van der Waals surface area contributed by atoms with Crippen LogP contribution < -0.4 is 17.0 Å². The van der Waals surface area contributed by atoms with Crippen molar-refractivity contribution in [1.82, 2.24) is 9.55 Å². The number of ether oxygens (including phenoxy) is 1. The van der Waals surface area contributed by atoms with E-state index in [1.165, 1.54) is 16.8 Å². The van der Waals surface area contributed by atoms with Gasteiger partial charge in [-0.15, -0.1) is 0 Å². The van der Waals surface area contributed by atoms with Crippen LogP contribution in [0.2, 0.25) is 22.2 Å². The molecule has 2 aliphatic rings. The Morgan fingerprint density at radius 2 is 1.63 bits per heavy atom. The Hall–Kier alpha value is -1.58. The number of primary amides is 1. The van der Waals surface area contributed by atoms with E-state index in [1.54, 1.807) is 0 Å². The van der Waals surface area contributed by atoms with Gasteiger partial charge in [-0.2, -0.15) is 0 Å². The van der Waals surface area contributed by atoms with Gasteiger partial charge in [0.05, 0.1) is 12.7 Å². The maximum Gasteiger partial charge on any atom is 0.335 e. The highest BCUT2D eigenvalue weighted by atomic mass is 28.5. The molecule has 4 atom stereocenters. The summed E-state index contributed by atoms with van der Waals surface area (Å²) in [6.07, 6.45) is -0.596. The molecule has 198 valence electrons. The molecule has 3 rings (SSSR count). The maximum absolute atomic E-state index is 12.7. The Balaban J connectivity index is 2.16. The predicted molar refractivity (Wildman–Crippen MR) is 136 cm³/mol. The molecule has 2 aliphatic heterocycles. The molecule has 10 nitrogen and oxygen atoms in total. The fourth-order valence-corrected chi connectivity index (χ4v) is 16.8. The first-order chi connectivity index (χ1) is 16.2. The van der Waals surface area contributed by atoms with Crippen LogP contribution in [-0.2, 0) is 22.5 Å². The Bertz CT molecular complexity index is 1010. The monoisotopic (exact) mass is 527 g/mol. The highest BCUT2D eigenvalue weighted by Gasteiger charge is 2.61.